The molecule has 0 saturated carbocycles. The minimum atomic E-state index is 0.211. The van der Waals surface area contributed by atoms with Crippen LogP contribution in [0.3, 0.4) is 0 Å². The Morgan fingerprint density at radius 2 is 0.367 bits per heavy atom. The summed E-state index contributed by atoms with van der Waals surface area (Å²) >= 11 is 0. The van der Waals surface area contributed by atoms with Crippen molar-refractivity contribution in [2.75, 3.05) is 172 Å². The van der Waals surface area contributed by atoms with Crippen LogP contribution in [0.2, 0.25) is 0 Å². The Bertz CT molecular complexity index is 617. The van der Waals surface area contributed by atoms with Gasteiger partial charge in [0.15, 0.2) is 0 Å². The molecule has 49 heavy (non-hydrogen) atoms. The summed E-state index contributed by atoms with van der Waals surface area (Å²) < 4.78 is 70.6. The van der Waals surface area contributed by atoms with Gasteiger partial charge in [-0.25, -0.2) is 0 Å². The lowest BCUT2D eigenvalue weighted by atomic mass is 10.2. The number of ether oxygens (including phenoxy) is 13. The van der Waals surface area contributed by atoms with Crippen molar-refractivity contribution in [1.82, 2.24) is 0 Å². The molecule has 0 spiro atoms. The Hall–Kier alpha value is -1.18. The van der Waals surface area contributed by atoms with Crippen molar-refractivity contribution in [3.8, 4) is 0 Å². The van der Waals surface area contributed by atoms with Crippen molar-refractivity contribution in [2.24, 2.45) is 0 Å². The largest absolute Gasteiger partial charge is 0.379 e. The third kappa shape index (κ3) is 42.9. The first kappa shape index (κ1) is 47.8. The molecule has 0 rings (SSSR count). The molecule has 0 aromatic rings. The number of rotatable bonds is 44. The summed E-state index contributed by atoms with van der Waals surface area (Å²) in [5.41, 5.74) is 0. The lowest BCUT2D eigenvalue weighted by Gasteiger charge is -2.09. The highest BCUT2D eigenvalue weighted by atomic mass is 16.6. The maximum Gasteiger partial charge on any atom is 0.134 e. The summed E-state index contributed by atoms with van der Waals surface area (Å²) in [4.78, 5) is 22.3. The summed E-state index contributed by atoms with van der Waals surface area (Å²) in [5, 5.41) is 0. The molecule has 0 unspecified atom stereocenters. The van der Waals surface area contributed by atoms with E-state index >= 15 is 0 Å². The molecule has 15 nitrogen and oxygen atoms in total. The van der Waals surface area contributed by atoms with Crippen LogP contribution in [-0.2, 0) is 71.2 Å². The van der Waals surface area contributed by atoms with E-state index in [0.717, 1.165) is 0 Å². The van der Waals surface area contributed by atoms with E-state index in [1.54, 1.807) is 0 Å². The van der Waals surface area contributed by atoms with Gasteiger partial charge >= 0.3 is 0 Å². The van der Waals surface area contributed by atoms with Gasteiger partial charge in [-0.1, -0.05) is 13.8 Å². The van der Waals surface area contributed by atoms with E-state index in [0.29, 0.717) is 197 Å². The van der Waals surface area contributed by atoms with Crippen molar-refractivity contribution in [1.29, 1.82) is 0 Å². The number of hydrogen-bond acceptors (Lipinski definition) is 15. The molecule has 0 saturated heterocycles. The van der Waals surface area contributed by atoms with Crippen molar-refractivity contribution < 1.29 is 71.2 Å². The normalized spacial score (nSPS) is 11.5. The van der Waals surface area contributed by atoms with Crippen molar-refractivity contribution in [2.45, 2.75) is 39.5 Å². The summed E-state index contributed by atoms with van der Waals surface area (Å²) in [6.07, 6.45) is 2.04. The first-order valence-corrected chi connectivity index (χ1v) is 17.7. The maximum atomic E-state index is 11.1. The monoisotopic (exact) mass is 714 g/mol. The molecule has 15 heteroatoms. The summed E-state index contributed by atoms with van der Waals surface area (Å²) in [6.45, 7) is 16.4. The molecule has 0 aromatic carbocycles. The minimum absolute atomic E-state index is 0.211. The molecule has 0 atom stereocenters. The summed E-state index contributed by atoms with van der Waals surface area (Å²) in [7, 11) is 0. The van der Waals surface area contributed by atoms with Gasteiger partial charge < -0.3 is 61.6 Å². The fraction of sp³-hybridized carbons (Fsp3) is 0.941. The Morgan fingerprint density at radius 3 is 0.490 bits per heavy atom. The zero-order valence-corrected chi connectivity index (χ0v) is 30.3. The van der Waals surface area contributed by atoms with E-state index < -0.39 is 0 Å². The van der Waals surface area contributed by atoms with E-state index in [1.165, 1.54) is 0 Å². The average Bonchev–Trinajstić information content (AvgIpc) is 3.11. The van der Waals surface area contributed by atoms with Crippen LogP contribution in [0, 0.1) is 0 Å². The molecule has 0 bridgehead atoms. The predicted octanol–water partition coefficient (Wildman–Crippen LogP) is 1.94. The van der Waals surface area contributed by atoms with E-state index in [-0.39, 0.29) is 11.6 Å². The lowest BCUT2D eigenvalue weighted by molar-refractivity contribution is -0.120. The van der Waals surface area contributed by atoms with Gasteiger partial charge in [0.2, 0.25) is 0 Å². The predicted molar refractivity (Wildman–Crippen MR) is 180 cm³/mol. The Balaban J connectivity index is 3.07. The van der Waals surface area contributed by atoms with Gasteiger partial charge in [-0.15, -0.1) is 0 Å². The van der Waals surface area contributed by atoms with E-state index in [4.69, 9.17) is 61.6 Å². The highest BCUT2D eigenvalue weighted by Crippen LogP contribution is 1.92. The van der Waals surface area contributed by atoms with Crippen LogP contribution in [-0.4, -0.2) is 183 Å². The van der Waals surface area contributed by atoms with Crippen LogP contribution < -0.4 is 0 Å². The van der Waals surface area contributed by atoms with Crippen molar-refractivity contribution >= 4 is 11.6 Å². The smallest absolute Gasteiger partial charge is 0.134 e. The van der Waals surface area contributed by atoms with E-state index in [1.807, 2.05) is 13.8 Å². The van der Waals surface area contributed by atoms with Gasteiger partial charge in [0.1, 0.15) is 11.6 Å². The molecular formula is C34H66O15. The van der Waals surface area contributed by atoms with Gasteiger partial charge in [0.25, 0.3) is 0 Å². The molecule has 0 fully saturated rings. The van der Waals surface area contributed by atoms with Crippen molar-refractivity contribution in [3.63, 3.8) is 0 Å². The average molecular weight is 715 g/mol. The van der Waals surface area contributed by atoms with Crippen LogP contribution >= 0.6 is 0 Å². The Labute approximate surface area is 294 Å². The molecule has 0 aliphatic carbocycles. The third-order valence-electron chi connectivity index (χ3n) is 6.30. The summed E-state index contributed by atoms with van der Waals surface area (Å²) in [6, 6.07) is 0. The summed E-state index contributed by atoms with van der Waals surface area (Å²) in [5.74, 6) is 0.423. The Kier molecular flexibility index (Phi) is 42.0. The number of hydrogen-bond donors (Lipinski definition) is 0. The minimum Gasteiger partial charge on any atom is -0.379 e. The molecule has 0 aliphatic heterocycles. The molecule has 0 aliphatic rings. The Morgan fingerprint density at radius 1 is 0.245 bits per heavy atom. The van der Waals surface area contributed by atoms with Crippen LogP contribution in [0.1, 0.15) is 39.5 Å². The number of Topliss-reactive ketones (excluding diaryl/α,β-unsaturated/α-hetero) is 2. The molecule has 0 heterocycles. The highest BCUT2D eigenvalue weighted by Gasteiger charge is 2.00. The number of carbonyl (C=O) groups excluding carboxylic acids is 2. The van der Waals surface area contributed by atoms with Crippen LogP contribution in [0.15, 0.2) is 0 Å². The first-order valence-electron chi connectivity index (χ1n) is 17.7. The standard InChI is InChI=1S/C34H66O15/c1-3-33(35)5-7-37-9-11-39-13-15-41-17-19-43-21-23-45-25-27-47-29-31-49-32-30-48-28-26-46-24-22-44-20-18-42-16-14-40-12-10-38-8-6-34(36)4-2/h3-32H2,1-2H3. The zero-order chi connectivity index (χ0) is 35.6. The third-order valence-corrected chi connectivity index (χ3v) is 6.30. The maximum absolute atomic E-state index is 11.1. The number of carbonyl (C=O) groups is 2. The molecule has 0 N–H and O–H groups in total. The molecule has 0 amide bonds. The lowest BCUT2D eigenvalue weighted by Crippen LogP contribution is -2.15. The zero-order valence-electron chi connectivity index (χ0n) is 30.3. The van der Waals surface area contributed by atoms with E-state index in [9.17, 15) is 9.59 Å². The highest BCUT2D eigenvalue weighted by molar-refractivity contribution is 5.78. The van der Waals surface area contributed by atoms with E-state index in [2.05, 4.69) is 0 Å². The van der Waals surface area contributed by atoms with Gasteiger partial charge in [0.05, 0.1) is 172 Å². The molecule has 0 aromatic heterocycles. The molecule has 292 valence electrons. The quantitative estimate of drug-likeness (QED) is 0.0844. The fourth-order valence-electron chi connectivity index (χ4n) is 3.47. The van der Waals surface area contributed by atoms with Gasteiger partial charge in [-0.05, 0) is 0 Å². The topological polar surface area (TPSA) is 154 Å². The second kappa shape index (κ2) is 43.0. The van der Waals surface area contributed by atoms with Crippen molar-refractivity contribution in [3.05, 3.63) is 0 Å². The second-order valence-corrected chi connectivity index (χ2v) is 10.2. The van der Waals surface area contributed by atoms with Gasteiger partial charge in [0, 0.05) is 25.7 Å². The molecular weight excluding hydrogens is 648 g/mol. The van der Waals surface area contributed by atoms with Gasteiger partial charge in [-0.2, -0.15) is 0 Å². The second-order valence-electron chi connectivity index (χ2n) is 10.2. The van der Waals surface area contributed by atoms with Gasteiger partial charge in [-0.3, -0.25) is 9.59 Å². The first-order chi connectivity index (χ1) is 24.2. The van der Waals surface area contributed by atoms with Crippen LogP contribution in [0.5, 0.6) is 0 Å². The molecule has 0 radical (unpaired) electrons. The van der Waals surface area contributed by atoms with Crippen LogP contribution in [0.25, 0.3) is 0 Å². The van der Waals surface area contributed by atoms with Crippen LogP contribution in [0.4, 0.5) is 0 Å². The fourth-order valence-corrected chi connectivity index (χ4v) is 3.47. The SMILES string of the molecule is CCC(=O)CCOCCOCCOCCOCCOCCOCCOCCOCCOCCOCCOCCOCCOCCC(=O)CC. The number of ketones is 2.